The summed E-state index contributed by atoms with van der Waals surface area (Å²) in [6, 6.07) is 0.340. The van der Waals surface area contributed by atoms with Crippen molar-refractivity contribution < 1.29 is 19.2 Å². The van der Waals surface area contributed by atoms with Crippen LogP contribution in [0, 0.1) is 0 Å². The lowest BCUT2D eigenvalue weighted by atomic mass is 9.94. The maximum atomic E-state index is 11.3. The molecule has 26 heavy (non-hydrogen) atoms. The molecule has 6 heteroatoms. The van der Waals surface area contributed by atoms with E-state index >= 15 is 0 Å². The molecule has 140 valence electrons. The van der Waals surface area contributed by atoms with Crippen molar-refractivity contribution in [3.05, 3.63) is 24.3 Å². The van der Waals surface area contributed by atoms with Gasteiger partial charge in [-0.3, -0.25) is 29.0 Å². The van der Waals surface area contributed by atoms with Crippen molar-refractivity contribution in [1.82, 2.24) is 9.80 Å². The second-order valence-corrected chi connectivity index (χ2v) is 7.34. The molecule has 2 heterocycles. The number of imide groups is 2. The van der Waals surface area contributed by atoms with Gasteiger partial charge in [0.15, 0.2) is 0 Å². The van der Waals surface area contributed by atoms with Crippen LogP contribution in [0.4, 0.5) is 0 Å². The van der Waals surface area contributed by atoms with Gasteiger partial charge in [-0.05, 0) is 25.7 Å². The molecule has 0 aromatic rings. The minimum absolute atomic E-state index is 0.128. The summed E-state index contributed by atoms with van der Waals surface area (Å²) in [5.74, 6) is -0.511. The lowest BCUT2D eigenvalue weighted by molar-refractivity contribution is -0.141. The normalized spacial score (nSPS) is 24.5. The third kappa shape index (κ3) is 4.11. The predicted octanol–water partition coefficient (Wildman–Crippen LogP) is 2.49. The van der Waals surface area contributed by atoms with Crippen LogP contribution in [0.5, 0.6) is 0 Å². The first-order valence-corrected chi connectivity index (χ1v) is 9.68. The number of nitrogens with zero attached hydrogens (tertiary/aromatic N) is 2. The van der Waals surface area contributed by atoms with Crippen LogP contribution in [0.3, 0.4) is 0 Å². The summed E-state index contributed by atoms with van der Waals surface area (Å²) < 4.78 is 0. The van der Waals surface area contributed by atoms with E-state index in [0.717, 1.165) is 51.4 Å². The van der Waals surface area contributed by atoms with Crippen LogP contribution in [0.15, 0.2) is 24.3 Å². The van der Waals surface area contributed by atoms with Crippen LogP contribution < -0.4 is 0 Å². The Labute approximate surface area is 153 Å². The van der Waals surface area contributed by atoms with Crippen LogP contribution in [0.25, 0.3) is 0 Å². The van der Waals surface area contributed by atoms with E-state index in [1.165, 1.54) is 46.9 Å². The van der Waals surface area contributed by atoms with Crippen molar-refractivity contribution >= 4 is 23.6 Å². The SMILES string of the molecule is O=C1C=CC(=O)N1C1CCCCC1.O=C1C=CC(=O)N1C1CCCCC1. The summed E-state index contributed by atoms with van der Waals surface area (Å²) in [5, 5.41) is 0. The molecule has 4 amide bonds. The molecule has 6 nitrogen and oxygen atoms in total. The Kier molecular flexibility index (Phi) is 6.01. The number of hydrogen-bond donors (Lipinski definition) is 0. The highest BCUT2D eigenvalue weighted by Gasteiger charge is 2.32. The summed E-state index contributed by atoms with van der Waals surface area (Å²) in [6.07, 6.45) is 16.5. The van der Waals surface area contributed by atoms with Gasteiger partial charge in [-0.25, -0.2) is 0 Å². The molecule has 2 saturated carbocycles. The average Bonchev–Trinajstić information content (AvgIpc) is 3.18. The van der Waals surface area contributed by atoms with E-state index in [9.17, 15) is 19.2 Å². The van der Waals surface area contributed by atoms with Crippen molar-refractivity contribution in [2.75, 3.05) is 0 Å². The van der Waals surface area contributed by atoms with Gasteiger partial charge in [-0.15, -0.1) is 0 Å². The Bertz CT molecular complexity index is 548. The molecule has 0 aromatic carbocycles. The maximum Gasteiger partial charge on any atom is 0.253 e. The lowest BCUT2D eigenvalue weighted by Gasteiger charge is -2.29. The zero-order chi connectivity index (χ0) is 18.5. The van der Waals surface area contributed by atoms with E-state index < -0.39 is 0 Å². The van der Waals surface area contributed by atoms with Gasteiger partial charge in [-0.2, -0.15) is 0 Å². The fourth-order valence-corrected chi connectivity index (χ4v) is 4.22. The molecule has 0 spiro atoms. The second-order valence-electron chi connectivity index (χ2n) is 7.34. The molecule has 0 N–H and O–H groups in total. The molecule has 0 bridgehead atoms. The number of carbonyl (C=O) groups excluding carboxylic acids is 4. The van der Waals surface area contributed by atoms with E-state index in [-0.39, 0.29) is 35.7 Å². The largest absolute Gasteiger partial charge is 0.272 e. The van der Waals surface area contributed by atoms with E-state index in [2.05, 4.69) is 0 Å². The highest BCUT2D eigenvalue weighted by molar-refractivity contribution is 6.13. The molecule has 4 aliphatic rings. The summed E-state index contributed by atoms with van der Waals surface area (Å²) in [7, 11) is 0. The average molecular weight is 358 g/mol. The summed E-state index contributed by atoms with van der Waals surface area (Å²) in [5.41, 5.74) is 0. The Morgan fingerprint density at radius 1 is 0.500 bits per heavy atom. The number of carbonyl (C=O) groups is 4. The predicted molar refractivity (Wildman–Crippen MR) is 95.7 cm³/mol. The summed E-state index contributed by atoms with van der Waals surface area (Å²) in [4.78, 5) is 48.0. The molecule has 0 aromatic heterocycles. The second kappa shape index (κ2) is 8.43. The topological polar surface area (TPSA) is 74.8 Å². The number of amides is 4. The fraction of sp³-hybridized carbons (Fsp3) is 0.600. The van der Waals surface area contributed by atoms with Crippen molar-refractivity contribution in [3.8, 4) is 0 Å². The standard InChI is InChI=1S/2C10H13NO2/c2*12-9-6-7-10(13)11(9)8-4-2-1-3-5-8/h2*6-8H,1-5H2. The molecule has 0 unspecified atom stereocenters. The zero-order valence-electron chi connectivity index (χ0n) is 15.1. The first-order valence-electron chi connectivity index (χ1n) is 9.68. The third-order valence-electron chi connectivity index (χ3n) is 5.57. The van der Waals surface area contributed by atoms with Gasteiger partial charge < -0.3 is 0 Å². The minimum atomic E-state index is -0.128. The van der Waals surface area contributed by atoms with Gasteiger partial charge >= 0.3 is 0 Å². The van der Waals surface area contributed by atoms with Crippen LogP contribution in [-0.4, -0.2) is 45.5 Å². The van der Waals surface area contributed by atoms with Gasteiger partial charge in [0.1, 0.15) is 0 Å². The monoisotopic (exact) mass is 358 g/mol. The fourth-order valence-electron chi connectivity index (χ4n) is 4.22. The first kappa shape index (κ1) is 18.5. The van der Waals surface area contributed by atoms with Gasteiger partial charge in [0, 0.05) is 36.4 Å². The van der Waals surface area contributed by atoms with E-state index in [1.54, 1.807) is 0 Å². The highest BCUT2D eigenvalue weighted by atomic mass is 16.2. The van der Waals surface area contributed by atoms with Crippen LogP contribution >= 0.6 is 0 Å². The van der Waals surface area contributed by atoms with Crippen LogP contribution in [0.1, 0.15) is 64.2 Å². The molecular weight excluding hydrogens is 332 g/mol. The van der Waals surface area contributed by atoms with Gasteiger partial charge in [0.05, 0.1) is 0 Å². The van der Waals surface area contributed by atoms with Gasteiger partial charge in [0.2, 0.25) is 0 Å². The van der Waals surface area contributed by atoms with E-state index in [1.807, 2.05) is 0 Å². The van der Waals surface area contributed by atoms with Gasteiger partial charge in [0.25, 0.3) is 23.6 Å². The zero-order valence-corrected chi connectivity index (χ0v) is 15.1. The number of rotatable bonds is 2. The molecular formula is C20H26N2O4. The van der Waals surface area contributed by atoms with Crippen molar-refractivity contribution in [3.63, 3.8) is 0 Å². The van der Waals surface area contributed by atoms with Crippen molar-refractivity contribution in [2.45, 2.75) is 76.3 Å². The molecule has 4 rings (SSSR count). The summed E-state index contributed by atoms with van der Waals surface area (Å²) >= 11 is 0. The molecule has 2 aliphatic carbocycles. The quantitative estimate of drug-likeness (QED) is 0.711. The van der Waals surface area contributed by atoms with Crippen LogP contribution in [0.2, 0.25) is 0 Å². The highest BCUT2D eigenvalue weighted by Crippen LogP contribution is 2.25. The molecule has 2 fully saturated rings. The maximum absolute atomic E-state index is 11.3. The lowest BCUT2D eigenvalue weighted by Crippen LogP contribution is -2.41. The van der Waals surface area contributed by atoms with E-state index in [0.29, 0.717) is 0 Å². The summed E-state index contributed by atoms with van der Waals surface area (Å²) in [6.45, 7) is 0. The van der Waals surface area contributed by atoms with Gasteiger partial charge in [-0.1, -0.05) is 38.5 Å². The Balaban J connectivity index is 0.000000151. The van der Waals surface area contributed by atoms with Crippen molar-refractivity contribution in [2.24, 2.45) is 0 Å². The molecule has 0 radical (unpaired) electrons. The Morgan fingerprint density at radius 3 is 1.04 bits per heavy atom. The first-order chi connectivity index (χ1) is 12.6. The van der Waals surface area contributed by atoms with Crippen LogP contribution in [-0.2, 0) is 19.2 Å². The third-order valence-corrected chi connectivity index (χ3v) is 5.57. The smallest absolute Gasteiger partial charge is 0.253 e. The van der Waals surface area contributed by atoms with Crippen molar-refractivity contribution in [1.29, 1.82) is 0 Å². The minimum Gasteiger partial charge on any atom is -0.272 e. The molecule has 2 aliphatic heterocycles. The molecule has 0 saturated heterocycles. The Morgan fingerprint density at radius 2 is 0.769 bits per heavy atom. The number of hydrogen-bond acceptors (Lipinski definition) is 4. The Hall–Kier alpha value is -2.24. The van der Waals surface area contributed by atoms with E-state index in [4.69, 9.17) is 0 Å². The molecule has 0 atom stereocenters.